The van der Waals surface area contributed by atoms with E-state index in [-0.39, 0.29) is 0 Å². The fourth-order valence-corrected chi connectivity index (χ4v) is 2.29. The molecule has 1 rings (SSSR count). The summed E-state index contributed by atoms with van der Waals surface area (Å²) in [5.41, 5.74) is 4.77. The van der Waals surface area contributed by atoms with Crippen LogP contribution in [0.15, 0.2) is 11.6 Å². The highest BCUT2D eigenvalue weighted by Crippen LogP contribution is 2.16. The molecule has 0 fully saturated rings. The van der Waals surface area contributed by atoms with Crippen LogP contribution < -0.4 is 0 Å². The molecule has 0 aromatic rings. The number of thioether (sulfide) groups is 1. The van der Waals surface area contributed by atoms with E-state index in [2.05, 4.69) is 37.2 Å². The van der Waals surface area contributed by atoms with Gasteiger partial charge in [0, 0.05) is 5.75 Å². The lowest BCUT2D eigenvalue weighted by Crippen LogP contribution is -2.16. The van der Waals surface area contributed by atoms with Crippen LogP contribution in [0.5, 0.6) is 0 Å². The lowest BCUT2D eigenvalue weighted by molar-refractivity contribution is 1.16. The van der Waals surface area contributed by atoms with Crippen LogP contribution in [0.4, 0.5) is 0 Å². The zero-order valence-corrected chi connectivity index (χ0v) is 9.92. The molecule has 0 N–H and O–H groups in total. The number of rotatable bonds is 0. The Balaban J connectivity index is 2.58. The molecule has 0 saturated heterocycles. The van der Waals surface area contributed by atoms with Crippen LogP contribution in [0.1, 0.15) is 6.42 Å². The second kappa shape index (κ2) is 4.20. The zero-order chi connectivity index (χ0) is 9.03. The Labute approximate surface area is 80.8 Å². The zero-order valence-electron chi connectivity index (χ0n) is 8.11. The molecule has 0 unspecified atom stereocenters. The predicted octanol–water partition coefficient (Wildman–Crippen LogP) is 2.93. The molecule has 1 aliphatic rings. The Kier molecular flexibility index (Phi) is 3.48. The molecule has 0 aromatic carbocycles. The van der Waals surface area contributed by atoms with Gasteiger partial charge in [-0.1, -0.05) is 31.6 Å². The van der Waals surface area contributed by atoms with Crippen LogP contribution >= 0.6 is 11.8 Å². The van der Waals surface area contributed by atoms with Gasteiger partial charge in [0.25, 0.3) is 0 Å². The fraction of sp³-hybridized carbons (Fsp3) is 0.600. The molecule has 66 valence electrons. The quantitative estimate of drug-likeness (QED) is 0.424. The van der Waals surface area contributed by atoms with E-state index in [4.69, 9.17) is 0 Å². The van der Waals surface area contributed by atoms with Gasteiger partial charge < -0.3 is 0 Å². The first-order valence-corrected chi connectivity index (χ1v) is 9.03. The van der Waals surface area contributed by atoms with Crippen molar-refractivity contribution in [2.75, 3.05) is 11.5 Å². The van der Waals surface area contributed by atoms with Crippen molar-refractivity contribution in [3.8, 4) is 11.5 Å². The van der Waals surface area contributed by atoms with Crippen molar-refractivity contribution in [3.05, 3.63) is 11.6 Å². The largest absolute Gasteiger partial charge is 0.157 e. The molecule has 0 aromatic heterocycles. The molecular formula is C10H16SSi. The second-order valence-electron chi connectivity index (χ2n) is 4.05. The molecule has 1 heterocycles. The first-order chi connectivity index (χ1) is 5.58. The van der Waals surface area contributed by atoms with E-state index in [1.807, 2.05) is 11.8 Å². The third kappa shape index (κ3) is 4.03. The topological polar surface area (TPSA) is 0 Å². The van der Waals surface area contributed by atoms with Gasteiger partial charge in [-0.25, -0.2) is 0 Å². The van der Waals surface area contributed by atoms with Crippen molar-refractivity contribution >= 4 is 19.8 Å². The van der Waals surface area contributed by atoms with Gasteiger partial charge in [0.15, 0.2) is 0 Å². The summed E-state index contributed by atoms with van der Waals surface area (Å²) in [6.07, 6.45) is 3.46. The molecule has 12 heavy (non-hydrogen) atoms. The van der Waals surface area contributed by atoms with E-state index in [9.17, 15) is 0 Å². The van der Waals surface area contributed by atoms with Crippen LogP contribution in [0.25, 0.3) is 0 Å². The highest BCUT2D eigenvalue weighted by molar-refractivity contribution is 7.99. The van der Waals surface area contributed by atoms with Crippen LogP contribution in [-0.2, 0) is 0 Å². The minimum Gasteiger partial charge on any atom is -0.157 e. The van der Waals surface area contributed by atoms with Gasteiger partial charge in [0.1, 0.15) is 8.07 Å². The summed E-state index contributed by atoms with van der Waals surface area (Å²) in [6.45, 7) is 6.87. The minimum atomic E-state index is -1.15. The third-order valence-electron chi connectivity index (χ3n) is 1.56. The van der Waals surface area contributed by atoms with Gasteiger partial charge in [0.2, 0.25) is 0 Å². The van der Waals surface area contributed by atoms with Gasteiger partial charge >= 0.3 is 0 Å². The minimum absolute atomic E-state index is 1.15. The normalized spacial score (nSPS) is 17.8. The van der Waals surface area contributed by atoms with E-state index < -0.39 is 8.07 Å². The predicted molar refractivity (Wildman–Crippen MR) is 61.1 cm³/mol. The maximum Gasteiger partial charge on any atom is 0.129 e. The van der Waals surface area contributed by atoms with Crippen LogP contribution in [0.3, 0.4) is 0 Å². The van der Waals surface area contributed by atoms with Crippen molar-refractivity contribution in [3.63, 3.8) is 0 Å². The van der Waals surface area contributed by atoms with E-state index in [0.29, 0.717) is 0 Å². The van der Waals surface area contributed by atoms with Crippen molar-refractivity contribution in [2.24, 2.45) is 0 Å². The molecule has 0 nitrogen and oxygen atoms in total. The summed E-state index contributed by atoms with van der Waals surface area (Å²) in [5.74, 6) is 5.74. The highest BCUT2D eigenvalue weighted by atomic mass is 32.2. The van der Waals surface area contributed by atoms with Gasteiger partial charge in [-0.15, -0.1) is 5.54 Å². The van der Waals surface area contributed by atoms with Crippen LogP contribution in [-0.4, -0.2) is 19.6 Å². The smallest absolute Gasteiger partial charge is 0.129 e. The molecule has 0 aliphatic carbocycles. The van der Waals surface area contributed by atoms with Gasteiger partial charge in [-0.3, -0.25) is 0 Å². The maximum atomic E-state index is 3.40. The van der Waals surface area contributed by atoms with Crippen LogP contribution in [0, 0.1) is 11.5 Å². The molecule has 0 amide bonds. The summed E-state index contributed by atoms with van der Waals surface area (Å²) in [6, 6.07) is 0. The Hall–Kier alpha value is -0.133. The summed E-state index contributed by atoms with van der Waals surface area (Å²) in [4.78, 5) is 0. The summed E-state index contributed by atoms with van der Waals surface area (Å²) < 4.78 is 0. The van der Waals surface area contributed by atoms with Crippen molar-refractivity contribution in [2.45, 2.75) is 26.1 Å². The van der Waals surface area contributed by atoms with Gasteiger partial charge in [0.05, 0.1) is 0 Å². The first kappa shape index (κ1) is 9.95. The Morgan fingerprint density at radius 3 is 2.67 bits per heavy atom. The highest BCUT2D eigenvalue weighted by Gasteiger charge is 2.08. The lowest BCUT2D eigenvalue weighted by Gasteiger charge is -2.08. The number of hydrogen-bond donors (Lipinski definition) is 0. The van der Waals surface area contributed by atoms with Crippen LogP contribution in [0.2, 0.25) is 19.6 Å². The monoisotopic (exact) mass is 196 g/mol. The fourth-order valence-electron chi connectivity index (χ4n) is 0.908. The third-order valence-corrected chi connectivity index (χ3v) is 3.33. The molecule has 0 radical (unpaired) electrons. The maximum absolute atomic E-state index is 3.40. The second-order valence-corrected chi connectivity index (χ2v) is 9.95. The van der Waals surface area contributed by atoms with Crippen molar-refractivity contribution < 1.29 is 0 Å². The van der Waals surface area contributed by atoms with Gasteiger partial charge in [-0.2, -0.15) is 11.8 Å². The Morgan fingerprint density at radius 1 is 1.42 bits per heavy atom. The SMILES string of the molecule is C[Si](C)(C)C#CC1=CCSCC1. The molecule has 2 heteroatoms. The van der Waals surface area contributed by atoms with E-state index >= 15 is 0 Å². The molecule has 0 bridgehead atoms. The lowest BCUT2D eigenvalue weighted by atomic mass is 10.2. The van der Waals surface area contributed by atoms with E-state index in [1.54, 1.807) is 0 Å². The average Bonchev–Trinajstić information content (AvgIpc) is 2.02. The van der Waals surface area contributed by atoms with Crippen molar-refractivity contribution in [1.82, 2.24) is 0 Å². The Morgan fingerprint density at radius 2 is 2.17 bits per heavy atom. The molecule has 1 aliphatic heterocycles. The molecule has 0 saturated carbocycles. The number of hydrogen-bond acceptors (Lipinski definition) is 1. The molecule has 0 atom stereocenters. The van der Waals surface area contributed by atoms with Gasteiger partial charge in [-0.05, 0) is 17.7 Å². The molecular weight excluding hydrogens is 180 g/mol. The standard InChI is InChI=1S/C10H16SSi/c1-12(2,3)9-6-10-4-7-11-8-5-10/h4H,5,7-8H2,1-3H3. The summed E-state index contributed by atoms with van der Waals surface area (Å²) in [5, 5.41) is 0. The van der Waals surface area contributed by atoms with E-state index in [1.165, 1.54) is 17.7 Å². The van der Waals surface area contributed by atoms with E-state index in [0.717, 1.165) is 5.75 Å². The first-order valence-electron chi connectivity index (χ1n) is 4.38. The van der Waals surface area contributed by atoms with Crippen molar-refractivity contribution in [1.29, 1.82) is 0 Å². The summed E-state index contributed by atoms with van der Waals surface area (Å²) >= 11 is 2.00. The number of allylic oxidation sites excluding steroid dienone is 1. The Bertz CT molecular complexity index is 237. The molecule has 0 spiro atoms. The summed E-state index contributed by atoms with van der Waals surface area (Å²) in [7, 11) is -1.15. The average molecular weight is 196 g/mol.